The fourth-order valence-electron chi connectivity index (χ4n) is 2.74. The monoisotopic (exact) mass is 338 g/mol. The van der Waals surface area contributed by atoms with Gasteiger partial charge in [0.05, 0.1) is 11.3 Å². The molecule has 0 aliphatic carbocycles. The van der Waals surface area contributed by atoms with Crippen LogP contribution in [0.15, 0.2) is 47.9 Å². The maximum absolute atomic E-state index is 7.72. The molecule has 0 unspecified atom stereocenters. The summed E-state index contributed by atoms with van der Waals surface area (Å²) in [7, 11) is 1.62. The molecular weight excluding hydrogens is 324 g/mol. The first kappa shape index (κ1) is 14.9. The lowest BCUT2D eigenvalue weighted by Crippen LogP contribution is -2.16. The largest absolute Gasteiger partial charge is 0.393 e. The molecule has 2 N–H and O–H groups in total. The van der Waals surface area contributed by atoms with Crippen LogP contribution >= 0.6 is 11.8 Å². The van der Waals surface area contributed by atoms with E-state index < -0.39 is 0 Å². The molecule has 4 aromatic rings. The van der Waals surface area contributed by atoms with Crippen LogP contribution in [0.5, 0.6) is 0 Å². The number of hydrogen-bond donors (Lipinski definition) is 2. The number of rotatable bonds is 4. The van der Waals surface area contributed by atoms with Gasteiger partial charge in [-0.2, -0.15) is 5.48 Å². The van der Waals surface area contributed by atoms with E-state index in [4.69, 9.17) is 10.2 Å². The van der Waals surface area contributed by atoms with E-state index in [1.165, 1.54) is 11.8 Å². The predicted molar refractivity (Wildman–Crippen MR) is 94.4 cm³/mol. The Morgan fingerprint density at radius 1 is 1.21 bits per heavy atom. The van der Waals surface area contributed by atoms with Gasteiger partial charge in [0.1, 0.15) is 0 Å². The second-order valence-corrected chi connectivity index (χ2v) is 6.04. The Morgan fingerprint density at radius 2 is 2.08 bits per heavy atom. The van der Waals surface area contributed by atoms with Crippen LogP contribution in [0.1, 0.15) is 0 Å². The highest BCUT2D eigenvalue weighted by Crippen LogP contribution is 2.30. The first-order chi connectivity index (χ1) is 11.8. The second-order valence-electron chi connectivity index (χ2n) is 5.10. The maximum atomic E-state index is 7.72. The summed E-state index contributed by atoms with van der Waals surface area (Å²) in [6, 6.07) is 10.1. The van der Waals surface area contributed by atoms with E-state index in [1.54, 1.807) is 13.2 Å². The average molecular weight is 338 g/mol. The Kier molecular flexibility index (Phi) is 3.75. The highest BCUT2D eigenvalue weighted by atomic mass is 32.2. The first-order valence-electron chi connectivity index (χ1n) is 7.33. The number of thioether (sulfide) groups is 1. The van der Waals surface area contributed by atoms with Gasteiger partial charge in [0, 0.05) is 30.2 Å². The molecule has 120 valence electrons. The summed E-state index contributed by atoms with van der Waals surface area (Å²) in [5.74, 6) is 0.493. The van der Waals surface area contributed by atoms with Crippen molar-refractivity contribution in [2.75, 3.05) is 12.8 Å². The zero-order valence-corrected chi connectivity index (χ0v) is 13.7. The molecule has 4 rings (SSSR count). The molecule has 0 spiro atoms. The highest BCUT2D eigenvalue weighted by Gasteiger charge is 2.15. The van der Waals surface area contributed by atoms with Gasteiger partial charge in [-0.05, 0) is 17.5 Å². The van der Waals surface area contributed by atoms with E-state index in [1.807, 2.05) is 34.9 Å². The molecule has 0 radical (unpaired) electrons. The number of pyridine rings is 2. The Bertz CT molecular complexity index is 1060. The van der Waals surface area contributed by atoms with Gasteiger partial charge in [-0.25, -0.2) is 0 Å². The minimum Gasteiger partial charge on any atom is -0.393 e. The Labute approximate surface area is 141 Å². The smallest absolute Gasteiger partial charge is 0.216 e. The van der Waals surface area contributed by atoms with E-state index in [-0.39, 0.29) is 5.90 Å². The lowest BCUT2D eigenvalue weighted by molar-refractivity contribution is 0.205. The van der Waals surface area contributed by atoms with Crippen molar-refractivity contribution >= 4 is 45.0 Å². The lowest BCUT2D eigenvalue weighted by Gasteiger charge is -2.09. The van der Waals surface area contributed by atoms with Crippen LogP contribution < -0.4 is 5.48 Å². The number of aromatic nitrogens is 4. The standard InChI is InChI=1S/C16H14N6OS/c1-18-23-14(17)9-24-16-21-20-15-12-8-19-7-6-10(12)11-4-2-3-5-13(11)22(15)16/h2-8,17-18H,9H2,1H3. The Hall–Kier alpha value is -2.71. The molecule has 3 heterocycles. The van der Waals surface area contributed by atoms with Gasteiger partial charge in [-0.3, -0.25) is 14.8 Å². The van der Waals surface area contributed by atoms with Gasteiger partial charge in [-0.15, -0.1) is 10.2 Å². The van der Waals surface area contributed by atoms with Crippen LogP contribution in [0.25, 0.3) is 27.3 Å². The molecule has 0 saturated carbocycles. The van der Waals surface area contributed by atoms with Gasteiger partial charge in [0.2, 0.25) is 5.90 Å². The number of nitrogens with zero attached hydrogens (tertiary/aromatic N) is 4. The van der Waals surface area contributed by atoms with Crippen LogP contribution in [-0.2, 0) is 4.84 Å². The van der Waals surface area contributed by atoms with Crippen LogP contribution in [-0.4, -0.2) is 38.3 Å². The summed E-state index contributed by atoms with van der Waals surface area (Å²) >= 11 is 1.41. The molecule has 0 amide bonds. The van der Waals surface area contributed by atoms with Crippen molar-refractivity contribution in [2.24, 2.45) is 0 Å². The predicted octanol–water partition coefficient (Wildman–Crippen LogP) is 2.65. The van der Waals surface area contributed by atoms with Gasteiger partial charge >= 0.3 is 0 Å². The first-order valence-corrected chi connectivity index (χ1v) is 8.31. The average Bonchev–Trinajstić information content (AvgIpc) is 3.05. The van der Waals surface area contributed by atoms with Crippen LogP contribution in [0, 0.1) is 5.41 Å². The molecule has 0 bridgehead atoms. The van der Waals surface area contributed by atoms with Gasteiger partial charge in [0.25, 0.3) is 0 Å². The summed E-state index contributed by atoms with van der Waals surface area (Å²) in [4.78, 5) is 9.18. The minimum atomic E-state index is 0.131. The number of nitrogens with one attached hydrogen (secondary N) is 2. The zero-order chi connectivity index (χ0) is 16.5. The fourth-order valence-corrected chi connectivity index (χ4v) is 3.47. The SMILES string of the molecule is CNOC(=N)CSc1nnc2c3cnccc3c3ccccc3n12. The highest BCUT2D eigenvalue weighted by molar-refractivity contribution is 7.99. The molecule has 7 nitrogen and oxygen atoms in total. The number of benzene rings is 1. The van der Waals surface area contributed by atoms with Gasteiger partial charge in [-0.1, -0.05) is 30.0 Å². The molecule has 0 fully saturated rings. The van der Waals surface area contributed by atoms with Crippen molar-refractivity contribution in [1.82, 2.24) is 25.1 Å². The maximum Gasteiger partial charge on any atom is 0.216 e. The van der Waals surface area contributed by atoms with Gasteiger partial charge in [0.15, 0.2) is 10.8 Å². The molecule has 1 aromatic carbocycles. The molecule has 0 saturated heterocycles. The van der Waals surface area contributed by atoms with Crippen LogP contribution in [0.2, 0.25) is 0 Å². The fraction of sp³-hybridized carbons (Fsp3) is 0.125. The molecule has 3 aromatic heterocycles. The third-order valence-corrected chi connectivity index (χ3v) is 4.62. The van der Waals surface area contributed by atoms with Crippen LogP contribution in [0.4, 0.5) is 0 Å². The Balaban J connectivity index is 1.93. The van der Waals surface area contributed by atoms with Crippen molar-refractivity contribution in [3.8, 4) is 0 Å². The van der Waals surface area contributed by atoms with E-state index in [9.17, 15) is 0 Å². The van der Waals surface area contributed by atoms with E-state index >= 15 is 0 Å². The van der Waals surface area contributed by atoms with Crippen molar-refractivity contribution in [3.05, 3.63) is 42.7 Å². The zero-order valence-electron chi connectivity index (χ0n) is 12.9. The second kappa shape index (κ2) is 6.06. The van der Waals surface area contributed by atoms with E-state index in [0.717, 1.165) is 32.5 Å². The molecule has 8 heteroatoms. The minimum absolute atomic E-state index is 0.131. The summed E-state index contributed by atoms with van der Waals surface area (Å²) in [5, 5.41) is 20.3. The molecule has 24 heavy (non-hydrogen) atoms. The van der Waals surface area contributed by atoms with Gasteiger partial charge < -0.3 is 4.84 Å². The summed E-state index contributed by atoms with van der Waals surface area (Å²) in [6.07, 6.45) is 3.60. The topological polar surface area (TPSA) is 88.2 Å². The molecular formula is C16H14N6OS. The number of hydroxylamine groups is 1. The number of para-hydroxylation sites is 1. The van der Waals surface area contributed by atoms with E-state index in [2.05, 4.69) is 26.7 Å². The van der Waals surface area contributed by atoms with Crippen molar-refractivity contribution in [1.29, 1.82) is 5.41 Å². The number of hydrogen-bond acceptors (Lipinski definition) is 7. The van der Waals surface area contributed by atoms with Crippen molar-refractivity contribution in [3.63, 3.8) is 0 Å². The summed E-state index contributed by atoms with van der Waals surface area (Å²) in [5.41, 5.74) is 4.29. The number of fused-ring (bicyclic) bond motifs is 6. The summed E-state index contributed by atoms with van der Waals surface area (Å²) in [6.45, 7) is 0. The van der Waals surface area contributed by atoms with Crippen molar-refractivity contribution in [2.45, 2.75) is 5.16 Å². The lowest BCUT2D eigenvalue weighted by atomic mass is 10.1. The quantitative estimate of drug-likeness (QED) is 0.195. The Morgan fingerprint density at radius 3 is 2.96 bits per heavy atom. The van der Waals surface area contributed by atoms with Crippen LogP contribution in [0.3, 0.4) is 0 Å². The van der Waals surface area contributed by atoms with Crippen molar-refractivity contribution < 1.29 is 4.84 Å². The third kappa shape index (κ3) is 2.36. The molecule has 0 aliphatic heterocycles. The molecule has 0 atom stereocenters. The normalized spacial score (nSPS) is 11.4. The third-order valence-electron chi connectivity index (χ3n) is 3.69. The molecule has 0 aliphatic rings. The summed E-state index contributed by atoms with van der Waals surface area (Å²) < 4.78 is 2.01. The van der Waals surface area contributed by atoms with E-state index in [0.29, 0.717) is 5.75 Å².